The highest BCUT2D eigenvalue weighted by molar-refractivity contribution is 5.76. The second-order valence-corrected chi connectivity index (χ2v) is 4.19. The summed E-state index contributed by atoms with van der Waals surface area (Å²) < 4.78 is 10.3. The topological polar surface area (TPSA) is 71.7 Å². The summed E-state index contributed by atoms with van der Waals surface area (Å²) >= 11 is 0. The van der Waals surface area contributed by atoms with Crippen LogP contribution in [0.4, 0.5) is 0 Å². The first-order valence-corrected chi connectivity index (χ1v) is 5.20. The monoisotopic (exact) mass is 225 g/mol. The van der Waals surface area contributed by atoms with Gasteiger partial charge in [0.25, 0.3) is 0 Å². The Bertz CT molecular complexity index is 381. The SMILES string of the molecule is Cc1ccc(CNCC2(C(=O)O)COC2)o1. The minimum absolute atomic E-state index is 0.284. The number of carboxylic acids is 1. The Balaban J connectivity index is 1.81. The van der Waals surface area contributed by atoms with Crippen molar-refractivity contribution in [1.29, 1.82) is 0 Å². The summed E-state index contributed by atoms with van der Waals surface area (Å²) in [5.74, 6) is 0.872. The van der Waals surface area contributed by atoms with Gasteiger partial charge in [0.05, 0.1) is 19.8 Å². The number of aryl methyl sites for hydroxylation is 1. The van der Waals surface area contributed by atoms with Gasteiger partial charge in [0, 0.05) is 6.54 Å². The maximum absolute atomic E-state index is 11.0. The van der Waals surface area contributed by atoms with E-state index in [0.717, 1.165) is 11.5 Å². The fourth-order valence-electron chi connectivity index (χ4n) is 1.65. The van der Waals surface area contributed by atoms with E-state index in [9.17, 15) is 4.79 Å². The van der Waals surface area contributed by atoms with Crippen LogP contribution in [0.15, 0.2) is 16.5 Å². The van der Waals surface area contributed by atoms with Crippen molar-refractivity contribution in [3.05, 3.63) is 23.7 Å². The molecule has 0 unspecified atom stereocenters. The van der Waals surface area contributed by atoms with Gasteiger partial charge < -0.3 is 19.6 Å². The summed E-state index contributed by atoms with van der Waals surface area (Å²) in [7, 11) is 0. The molecule has 0 radical (unpaired) electrons. The van der Waals surface area contributed by atoms with Crippen molar-refractivity contribution in [2.45, 2.75) is 13.5 Å². The smallest absolute Gasteiger partial charge is 0.315 e. The van der Waals surface area contributed by atoms with Gasteiger partial charge in [-0.05, 0) is 19.1 Å². The molecule has 16 heavy (non-hydrogen) atoms. The van der Waals surface area contributed by atoms with Gasteiger partial charge in [0.2, 0.25) is 0 Å². The number of carboxylic acid groups (broad SMARTS) is 1. The minimum Gasteiger partial charge on any atom is -0.481 e. The first kappa shape index (κ1) is 11.2. The maximum Gasteiger partial charge on any atom is 0.315 e. The number of nitrogens with one attached hydrogen (secondary N) is 1. The van der Waals surface area contributed by atoms with Gasteiger partial charge >= 0.3 is 5.97 Å². The first-order valence-electron chi connectivity index (χ1n) is 5.20. The predicted octanol–water partition coefficient (Wildman–Crippen LogP) is 0.779. The molecule has 2 heterocycles. The number of ether oxygens (including phenoxy) is 1. The molecular weight excluding hydrogens is 210 g/mol. The van der Waals surface area contributed by atoms with Crippen molar-refractivity contribution < 1.29 is 19.1 Å². The molecule has 1 fully saturated rings. The van der Waals surface area contributed by atoms with Gasteiger partial charge in [0.15, 0.2) is 0 Å². The molecule has 5 heteroatoms. The van der Waals surface area contributed by atoms with Crippen LogP contribution in [-0.4, -0.2) is 30.8 Å². The van der Waals surface area contributed by atoms with Crippen LogP contribution in [0.3, 0.4) is 0 Å². The first-order chi connectivity index (χ1) is 7.62. The summed E-state index contributed by atoms with van der Waals surface area (Å²) in [6.45, 7) is 3.39. The molecule has 2 rings (SSSR count). The molecule has 0 saturated carbocycles. The lowest BCUT2D eigenvalue weighted by molar-refractivity contribution is -0.178. The van der Waals surface area contributed by atoms with Crippen LogP contribution < -0.4 is 5.32 Å². The van der Waals surface area contributed by atoms with E-state index in [2.05, 4.69) is 5.32 Å². The second-order valence-electron chi connectivity index (χ2n) is 4.19. The van der Waals surface area contributed by atoms with Crippen LogP contribution in [0.25, 0.3) is 0 Å². The van der Waals surface area contributed by atoms with E-state index >= 15 is 0 Å². The predicted molar refractivity (Wildman–Crippen MR) is 56.0 cm³/mol. The molecule has 1 aliphatic rings. The Morgan fingerprint density at radius 2 is 2.31 bits per heavy atom. The maximum atomic E-state index is 11.0. The molecule has 0 aliphatic carbocycles. The molecule has 0 atom stereocenters. The van der Waals surface area contributed by atoms with Gasteiger partial charge in [-0.2, -0.15) is 0 Å². The molecule has 1 aromatic heterocycles. The Hall–Kier alpha value is -1.33. The third-order valence-corrected chi connectivity index (χ3v) is 2.77. The molecule has 0 amide bonds. The summed E-state index contributed by atoms with van der Waals surface area (Å²) in [5, 5.41) is 12.1. The quantitative estimate of drug-likeness (QED) is 0.774. The van der Waals surface area contributed by atoms with Crippen LogP contribution in [0.2, 0.25) is 0 Å². The summed E-state index contributed by atoms with van der Waals surface area (Å²) in [5.41, 5.74) is -0.748. The number of carbonyl (C=O) groups is 1. The largest absolute Gasteiger partial charge is 0.481 e. The molecule has 0 bridgehead atoms. The van der Waals surface area contributed by atoms with Crippen LogP contribution in [0, 0.1) is 12.3 Å². The van der Waals surface area contributed by atoms with Crippen LogP contribution in [-0.2, 0) is 16.1 Å². The Morgan fingerprint density at radius 1 is 1.56 bits per heavy atom. The fraction of sp³-hybridized carbons (Fsp3) is 0.545. The second kappa shape index (κ2) is 4.27. The van der Waals surface area contributed by atoms with E-state index in [1.807, 2.05) is 19.1 Å². The highest BCUT2D eigenvalue weighted by Gasteiger charge is 2.45. The lowest BCUT2D eigenvalue weighted by Gasteiger charge is -2.37. The molecular formula is C11H15NO4. The Kier molecular flexibility index (Phi) is 2.98. The molecule has 88 valence electrons. The van der Waals surface area contributed by atoms with E-state index in [0.29, 0.717) is 13.1 Å². The normalized spacial score (nSPS) is 18.1. The molecule has 0 aromatic carbocycles. The van der Waals surface area contributed by atoms with Crippen molar-refractivity contribution in [1.82, 2.24) is 5.32 Å². The lowest BCUT2D eigenvalue weighted by Crippen LogP contribution is -2.54. The van der Waals surface area contributed by atoms with Crippen LogP contribution in [0.1, 0.15) is 11.5 Å². The number of hydrogen-bond donors (Lipinski definition) is 2. The zero-order chi connectivity index (χ0) is 11.6. The van der Waals surface area contributed by atoms with Crippen molar-refractivity contribution >= 4 is 5.97 Å². The van der Waals surface area contributed by atoms with E-state index in [1.54, 1.807) is 0 Å². The third-order valence-electron chi connectivity index (χ3n) is 2.77. The van der Waals surface area contributed by atoms with Crippen LogP contribution >= 0.6 is 0 Å². The zero-order valence-electron chi connectivity index (χ0n) is 9.16. The Morgan fingerprint density at radius 3 is 2.75 bits per heavy atom. The number of hydrogen-bond acceptors (Lipinski definition) is 4. The summed E-state index contributed by atoms with van der Waals surface area (Å²) in [4.78, 5) is 11.0. The lowest BCUT2D eigenvalue weighted by atomic mass is 9.86. The molecule has 5 nitrogen and oxygen atoms in total. The van der Waals surface area contributed by atoms with E-state index in [-0.39, 0.29) is 13.2 Å². The number of furan rings is 1. The van der Waals surface area contributed by atoms with E-state index in [4.69, 9.17) is 14.3 Å². The highest BCUT2D eigenvalue weighted by atomic mass is 16.5. The van der Waals surface area contributed by atoms with Crippen molar-refractivity contribution in [2.75, 3.05) is 19.8 Å². The Labute approximate surface area is 93.4 Å². The number of aliphatic carboxylic acids is 1. The molecule has 1 aromatic rings. The molecule has 1 aliphatic heterocycles. The average molecular weight is 225 g/mol. The van der Waals surface area contributed by atoms with Crippen molar-refractivity contribution in [3.8, 4) is 0 Å². The average Bonchev–Trinajstić information content (AvgIpc) is 2.55. The molecule has 2 N–H and O–H groups in total. The third kappa shape index (κ3) is 2.10. The standard InChI is InChI=1S/C11H15NO4/c1-8-2-3-9(16-8)4-12-5-11(10(13)14)6-15-7-11/h2-3,12H,4-7H2,1H3,(H,13,14). The van der Waals surface area contributed by atoms with Crippen LogP contribution in [0.5, 0.6) is 0 Å². The van der Waals surface area contributed by atoms with Gasteiger partial charge in [-0.25, -0.2) is 0 Å². The number of rotatable bonds is 5. The highest BCUT2D eigenvalue weighted by Crippen LogP contribution is 2.26. The molecule has 0 spiro atoms. The van der Waals surface area contributed by atoms with Gasteiger partial charge in [-0.3, -0.25) is 4.79 Å². The minimum atomic E-state index is -0.804. The van der Waals surface area contributed by atoms with Crippen molar-refractivity contribution in [3.63, 3.8) is 0 Å². The van der Waals surface area contributed by atoms with E-state index in [1.165, 1.54) is 0 Å². The fourth-order valence-corrected chi connectivity index (χ4v) is 1.65. The van der Waals surface area contributed by atoms with Crippen molar-refractivity contribution in [2.24, 2.45) is 5.41 Å². The molecule has 1 saturated heterocycles. The van der Waals surface area contributed by atoms with Gasteiger partial charge in [-0.1, -0.05) is 0 Å². The summed E-state index contributed by atoms with van der Waals surface area (Å²) in [6, 6.07) is 3.77. The van der Waals surface area contributed by atoms with E-state index < -0.39 is 11.4 Å². The summed E-state index contributed by atoms with van der Waals surface area (Å²) in [6.07, 6.45) is 0. The van der Waals surface area contributed by atoms with Gasteiger partial charge in [-0.15, -0.1) is 0 Å². The zero-order valence-corrected chi connectivity index (χ0v) is 9.16. The van der Waals surface area contributed by atoms with Gasteiger partial charge in [0.1, 0.15) is 16.9 Å².